The van der Waals surface area contributed by atoms with Crippen LogP contribution >= 0.6 is 0 Å². The van der Waals surface area contributed by atoms with Crippen LogP contribution < -0.4 is 11.5 Å². The van der Waals surface area contributed by atoms with Crippen LogP contribution in [0.2, 0.25) is 0 Å². The van der Waals surface area contributed by atoms with Crippen molar-refractivity contribution >= 4 is 6.29 Å². The van der Waals surface area contributed by atoms with Gasteiger partial charge in [0.1, 0.15) is 6.29 Å². The van der Waals surface area contributed by atoms with E-state index in [9.17, 15) is 4.79 Å². The summed E-state index contributed by atoms with van der Waals surface area (Å²) in [5, 5.41) is 0. The van der Waals surface area contributed by atoms with E-state index in [1.165, 1.54) is 0 Å². The van der Waals surface area contributed by atoms with Gasteiger partial charge in [-0.1, -0.05) is 19.8 Å². The van der Waals surface area contributed by atoms with Gasteiger partial charge in [0, 0.05) is 25.4 Å². The third kappa shape index (κ3) is 7.14. The molecule has 0 spiro atoms. The molecule has 0 fully saturated rings. The van der Waals surface area contributed by atoms with Crippen molar-refractivity contribution in [2.75, 3.05) is 0 Å². The van der Waals surface area contributed by atoms with E-state index in [1.807, 2.05) is 17.8 Å². The first-order valence-electron chi connectivity index (χ1n) is 5.50. The van der Waals surface area contributed by atoms with Gasteiger partial charge in [-0.25, -0.2) is 4.98 Å². The van der Waals surface area contributed by atoms with Crippen LogP contribution in [0.3, 0.4) is 0 Å². The van der Waals surface area contributed by atoms with Crippen molar-refractivity contribution < 1.29 is 4.79 Å². The van der Waals surface area contributed by atoms with Gasteiger partial charge in [-0.15, -0.1) is 0 Å². The minimum atomic E-state index is -0.482. The van der Waals surface area contributed by atoms with Crippen molar-refractivity contribution in [3.63, 3.8) is 0 Å². The molecule has 0 saturated carbocycles. The monoisotopic (exact) mass is 226 g/mol. The lowest BCUT2D eigenvalue weighted by Crippen LogP contribution is -2.39. The zero-order valence-electron chi connectivity index (χ0n) is 10.0. The molecule has 0 radical (unpaired) electrons. The predicted octanol–water partition coefficient (Wildman–Crippen LogP) is 0.655. The summed E-state index contributed by atoms with van der Waals surface area (Å²) in [4.78, 5) is 14.1. The maximum absolute atomic E-state index is 10.3. The third-order valence-electron chi connectivity index (χ3n) is 2.20. The molecular weight excluding hydrogens is 204 g/mol. The highest BCUT2D eigenvalue weighted by molar-refractivity contribution is 5.54. The van der Waals surface area contributed by atoms with Gasteiger partial charge < -0.3 is 20.8 Å². The first kappa shape index (κ1) is 14.8. The average molecular weight is 226 g/mol. The highest BCUT2D eigenvalue weighted by atomic mass is 16.1. The molecule has 0 aliphatic rings. The van der Waals surface area contributed by atoms with Gasteiger partial charge in [0.05, 0.1) is 12.5 Å². The van der Waals surface area contributed by atoms with Crippen LogP contribution in [0.1, 0.15) is 26.2 Å². The van der Waals surface area contributed by atoms with E-state index in [1.54, 1.807) is 12.5 Å². The molecule has 16 heavy (non-hydrogen) atoms. The molecule has 0 aromatic carbocycles. The second kappa shape index (κ2) is 9.06. The van der Waals surface area contributed by atoms with Crippen LogP contribution in [0.4, 0.5) is 0 Å². The van der Waals surface area contributed by atoms with Crippen molar-refractivity contribution in [2.24, 2.45) is 24.4 Å². The molecule has 1 aromatic heterocycles. The van der Waals surface area contributed by atoms with E-state index < -0.39 is 6.17 Å². The molecule has 0 aliphatic carbocycles. The lowest BCUT2D eigenvalue weighted by atomic mass is 10.0. The molecule has 1 aromatic rings. The molecule has 1 heterocycles. The fraction of sp³-hybridized carbons (Fsp3) is 0.636. The highest BCUT2D eigenvalue weighted by Gasteiger charge is 2.10. The van der Waals surface area contributed by atoms with Crippen molar-refractivity contribution in [1.82, 2.24) is 9.55 Å². The molecule has 0 bridgehead atoms. The van der Waals surface area contributed by atoms with Gasteiger partial charge in [0.15, 0.2) is 0 Å². The van der Waals surface area contributed by atoms with Crippen molar-refractivity contribution in [2.45, 2.75) is 32.4 Å². The largest absolute Gasteiger partial charge is 0.341 e. The summed E-state index contributed by atoms with van der Waals surface area (Å²) in [5.74, 6) is -0.153. The normalized spacial score (nSPS) is 11.8. The molecule has 92 valence electrons. The van der Waals surface area contributed by atoms with Crippen LogP contribution in [0.15, 0.2) is 18.7 Å². The number of hydrogen-bond donors (Lipinski definition) is 2. The molecule has 1 unspecified atom stereocenters. The minimum Gasteiger partial charge on any atom is -0.341 e. The summed E-state index contributed by atoms with van der Waals surface area (Å²) < 4.78 is 1.89. The van der Waals surface area contributed by atoms with Crippen LogP contribution in [0.5, 0.6) is 0 Å². The van der Waals surface area contributed by atoms with Gasteiger partial charge in [0.25, 0.3) is 0 Å². The fourth-order valence-corrected chi connectivity index (χ4v) is 1.12. The summed E-state index contributed by atoms with van der Waals surface area (Å²) >= 11 is 0. The Labute approximate surface area is 96.8 Å². The molecule has 4 N–H and O–H groups in total. The van der Waals surface area contributed by atoms with Gasteiger partial charge in [0.2, 0.25) is 0 Å². The molecule has 1 atom stereocenters. The summed E-state index contributed by atoms with van der Waals surface area (Å²) in [7, 11) is 1.94. The summed E-state index contributed by atoms with van der Waals surface area (Å²) in [5.41, 5.74) is 10.7. The Balaban J connectivity index is 0.000000315. The van der Waals surface area contributed by atoms with E-state index in [-0.39, 0.29) is 5.92 Å². The number of aryl methyl sites for hydroxylation is 1. The summed E-state index contributed by atoms with van der Waals surface area (Å²) in [6.07, 6.45) is 8.67. The lowest BCUT2D eigenvalue weighted by Gasteiger charge is -2.12. The zero-order chi connectivity index (χ0) is 12.4. The van der Waals surface area contributed by atoms with Crippen molar-refractivity contribution in [3.05, 3.63) is 18.7 Å². The highest BCUT2D eigenvalue weighted by Crippen LogP contribution is 2.05. The van der Waals surface area contributed by atoms with Crippen LogP contribution in [-0.2, 0) is 11.8 Å². The zero-order valence-corrected chi connectivity index (χ0v) is 10.0. The number of hydrogen-bond acceptors (Lipinski definition) is 4. The molecule has 5 heteroatoms. The van der Waals surface area contributed by atoms with Crippen LogP contribution in [-0.4, -0.2) is 22.0 Å². The Bertz CT molecular complexity index is 259. The Morgan fingerprint density at radius 2 is 2.19 bits per heavy atom. The maximum atomic E-state index is 10.3. The second-order valence-electron chi connectivity index (χ2n) is 3.75. The van der Waals surface area contributed by atoms with Gasteiger partial charge in [-0.05, 0) is 6.42 Å². The Kier molecular flexibility index (Phi) is 8.38. The van der Waals surface area contributed by atoms with Crippen LogP contribution in [0.25, 0.3) is 0 Å². The van der Waals surface area contributed by atoms with E-state index in [0.29, 0.717) is 0 Å². The SMILES string of the molecule is CCCCC(C=O)C(N)N.Cn1ccnc1. The molecule has 0 saturated heterocycles. The molecular formula is C11H22N4O. The number of carbonyl (C=O) groups is 1. The number of carbonyl (C=O) groups excluding carboxylic acids is 1. The average Bonchev–Trinajstić information content (AvgIpc) is 2.71. The van der Waals surface area contributed by atoms with E-state index in [4.69, 9.17) is 11.5 Å². The van der Waals surface area contributed by atoms with Crippen molar-refractivity contribution in [1.29, 1.82) is 0 Å². The number of nitrogens with zero attached hydrogens (tertiary/aromatic N) is 2. The third-order valence-corrected chi connectivity index (χ3v) is 2.20. The second-order valence-corrected chi connectivity index (χ2v) is 3.75. The van der Waals surface area contributed by atoms with Gasteiger partial charge in [-0.3, -0.25) is 0 Å². The Hall–Kier alpha value is -1.20. The Morgan fingerprint density at radius 1 is 1.50 bits per heavy atom. The smallest absolute Gasteiger partial charge is 0.125 e. The minimum absolute atomic E-state index is 0.153. The topological polar surface area (TPSA) is 86.9 Å². The quantitative estimate of drug-likeness (QED) is 0.570. The Morgan fingerprint density at radius 3 is 2.44 bits per heavy atom. The molecule has 5 nitrogen and oxygen atoms in total. The van der Waals surface area contributed by atoms with E-state index in [0.717, 1.165) is 25.5 Å². The molecule has 1 rings (SSSR count). The number of rotatable bonds is 5. The standard InChI is InChI=1S/C7H16N2O.C4H6N2/c1-2-3-4-6(5-10)7(8)9;1-6-3-2-5-4-6/h5-7H,2-4,8-9H2,1H3;2-4H,1H3. The van der Waals surface area contributed by atoms with Gasteiger partial charge in [-0.2, -0.15) is 0 Å². The van der Waals surface area contributed by atoms with E-state index >= 15 is 0 Å². The number of unbranched alkanes of at least 4 members (excludes halogenated alkanes) is 1. The van der Waals surface area contributed by atoms with E-state index in [2.05, 4.69) is 11.9 Å². The lowest BCUT2D eigenvalue weighted by molar-refractivity contribution is -0.111. The first-order chi connectivity index (χ1) is 7.61. The number of nitrogens with two attached hydrogens (primary N) is 2. The summed E-state index contributed by atoms with van der Waals surface area (Å²) in [6.45, 7) is 2.07. The van der Waals surface area contributed by atoms with Crippen LogP contribution in [0, 0.1) is 5.92 Å². The fourth-order valence-electron chi connectivity index (χ4n) is 1.12. The predicted molar refractivity (Wildman–Crippen MR) is 64.4 cm³/mol. The molecule has 0 aliphatic heterocycles. The van der Waals surface area contributed by atoms with Crippen molar-refractivity contribution in [3.8, 4) is 0 Å². The summed E-state index contributed by atoms with van der Waals surface area (Å²) in [6, 6.07) is 0. The number of aromatic nitrogens is 2. The maximum Gasteiger partial charge on any atom is 0.125 e. The number of imidazole rings is 1. The van der Waals surface area contributed by atoms with Gasteiger partial charge >= 0.3 is 0 Å². The first-order valence-corrected chi connectivity index (χ1v) is 5.50. The molecule has 0 amide bonds. The number of aldehydes is 1.